The molecule has 0 radical (unpaired) electrons. The fraction of sp³-hybridized carbons (Fsp3) is 0.148. The van der Waals surface area contributed by atoms with Crippen molar-refractivity contribution in [3.63, 3.8) is 0 Å². The van der Waals surface area contributed by atoms with Crippen LogP contribution in [0.15, 0.2) is 95.8 Å². The molecule has 0 saturated heterocycles. The van der Waals surface area contributed by atoms with Crippen LogP contribution >= 0.6 is 12.0 Å². The summed E-state index contributed by atoms with van der Waals surface area (Å²) in [7, 11) is -14.1. The second-order valence-electron chi connectivity index (χ2n) is 10.3. The van der Waals surface area contributed by atoms with Crippen molar-refractivity contribution >= 4 is 104 Å². The lowest BCUT2D eigenvalue weighted by Gasteiger charge is -2.11. The maximum atomic E-state index is 12.6. The highest BCUT2D eigenvalue weighted by Crippen LogP contribution is 2.42. The summed E-state index contributed by atoms with van der Waals surface area (Å²) in [5.41, 5.74) is 9.03. The van der Waals surface area contributed by atoms with E-state index in [0.717, 1.165) is 24.3 Å². The largest absolute Gasteiger partial charge is 0.478 e. The number of carboxylic acid groups (broad SMARTS) is 1. The molecule has 0 fully saturated rings. The topological polar surface area (TPSA) is 365 Å². The van der Waals surface area contributed by atoms with Crippen LogP contribution in [0.1, 0.15) is 10.4 Å². The zero-order valence-electron chi connectivity index (χ0n) is 27.2. The molecule has 1 atom stereocenters. The first kappa shape index (κ1) is 43.2. The summed E-state index contributed by atoms with van der Waals surface area (Å²) < 4.78 is 115. The van der Waals surface area contributed by atoms with Gasteiger partial charge < -0.3 is 16.6 Å². The molecule has 0 bridgehead atoms. The molecule has 0 aliphatic rings. The number of azo groups is 2. The Kier molecular flexibility index (Phi) is 14.4. The second kappa shape index (κ2) is 18.4. The highest BCUT2D eigenvalue weighted by molar-refractivity contribution is 7.94. The van der Waals surface area contributed by atoms with E-state index in [1.54, 1.807) is 0 Å². The van der Waals surface area contributed by atoms with E-state index in [1.807, 2.05) is 0 Å². The summed E-state index contributed by atoms with van der Waals surface area (Å²) in [6.07, 6.45) is 0. The summed E-state index contributed by atoms with van der Waals surface area (Å²) >= 11 is -1.32. The Morgan fingerprint density at radius 3 is 2.18 bits per heavy atom. The Morgan fingerprint density at radius 2 is 1.55 bits per heavy atom. The van der Waals surface area contributed by atoms with Gasteiger partial charge in [-0.1, -0.05) is 23.2 Å². The van der Waals surface area contributed by atoms with Gasteiger partial charge in [0, 0.05) is 10.3 Å². The van der Waals surface area contributed by atoms with Crippen molar-refractivity contribution in [1.29, 1.82) is 0 Å². The van der Waals surface area contributed by atoms with Crippen molar-refractivity contribution < 1.29 is 76.5 Å². The van der Waals surface area contributed by atoms with Crippen LogP contribution in [-0.2, 0) is 64.2 Å². The first-order valence-electron chi connectivity index (χ1n) is 14.4. The van der Waals surface area contributed by atoms with Gasteiger partial charge in [-0.05, 0) is 47.9 Å². The second-order valence-corrected chi connectivity index (χ2v) is 16.8. The standard InChI is InChI=1S/C27H26N6O17S5/c28-20-14-21(29)25(23(27(34)35)24(20)32-30-16-2-1-3-18(13-16)53(38,39)11-9-47-55(43,44)45)33-31-22-7-4-15-12-17(5-6-19(15)26(22)54(40,41)42)51-49-46-8-10-52(37)50-48-36/h1-7,12-14,36H,8-11,28-29H2,(H,34,35)(H,40,41,42)(H,43,44,45)/b32-30?,33-31-. The number of sulfone groups is 1. The van der Waals surface area contributed by atoms with E-state index in [2.05, 4.69) is 34.0 Å². The van der Waals surface area contributed by atoms with E-state index in [9.17, 15) is 43.9 Å². The smallest absolute Gasteiger partial charge is 0.397 e. The molecular weight excluding hydrogens is 841 g/mol. The van der Waals surface area contributed by atoms with Crippen LogP contribution in [0.5, 0.6) is 0 Å². The van der Waals surface area contributed by atoms with E-state index < -0.39 is 87.3 Å². The van der Waals surface area contributed by atoms with E-state index in [1.165, 1.54) is 36.4 Å². The van der Waals surface area contributed by atoms with Gasteiger partial charge in [0.05, 0.1) is 58.7 Å². The van der Waals surface area contributed by atoms with Crippen LogP contribution in [0.4, 0.5) is 34.1 Å². The zero-order valence-corrected chi connectivity index (χ0v) is 31.3. The molecule has 0 aliphatic heterocycles. The molecule has 1 unspecified atom stereocenters. The predicted molar refractivity (Wildman–Crippen MR) is 191 cm³/mol. The van der Waals surface area contributed by atoms with Gasteiger partial charge in [0.25, 0.3) is 10.1 Å². The van der Waals surface area contributed by atoms with E-state index in [-0.39, 0.29) is 45.1 Å². The number of nitrogens with zero attached hydrogens (tertiary/aromatic N) is 4. The number of carbonyl (C=O) groups is 1. The van der Waals surface area contributed by atoms with Crippen LogP contribution in [0.3, 0.4) is 0 Å². The molecule has 0 amide bonds. The Bertz CT molecular complexity index is 2520. The van der Waals surface area contributed by atoms with Crippen LogP contribution in [-0.4, -0.2) is 79.6 Å². The summed E-state index contributed by atoms with van der Waals surface area (Å²) in [5, 5.41) is 37.2. The van der Waals surface area contributed by atoms with Gasteiger partial charge in [0.15, 0.2) is 20.9 Å². The van der Waals surface area contributed by atoms with Gasteiger partial charge in [-0.2, -0.15) is 26.3 Å². The predicted octanol–water partition coefficient (Wildman–Crippen LogP) is 4.41. The average molecular weight is 867 g/mol. The summed E-state index contributed by atoms with van der Waals surface area (Å²) in [5.74, 6) is -2.74. The average Bonchev–Trinajstić information content (AvgIpc) is 3.09. The first-order chi connectivity index (χ1) is 25.8. The third kappa shape index (κ3) is 12.0. The Balaban J connectivity index is 1.65. The Hall–Kier alpha value is -4.56. The maximum Gasteiger partial charge on any atom is 0.397 e. The van der Waals surface area contributed by atoms with Gasteiger partial charge in [0.2, 0.25) is 0 Å². The monoisotopic (exact) mass is 866 g/mol. The SMILES string of the molecule is Nc1cc(N)c(/N=N\c2ccc3cc(SOOCCS(=O)OOO)ccc3c2S(=O)(=O)O)c(C(=O)O)c1N=Nc1cccc(S(=O)(=O)CCOS(=O)(=O)O)c1. The molecule has 23 nitrogen and oxygen atoms in total. The molecule has 296 valence electrons. The van der Waals surface area contributed by atoms with Crippen molar-refractivity contribution in [2.75, 3.05) is 36.2 Å². The molecule has 0 spiro atoms. The number of fused-ring (bicyclic) bond motifs is 1. The lowest BCUT2D eigenvalue weighted by Crippen LogP contribution is -2.15. The Labute approximate surface area is 317 Å². The molecule has 28 heteroatoms. The molecule has 0 saturated carbocycles. The van der Waals surface area contributed by atoms with Crippen LogP contribution < -0.4 is 11.5 Å². The van der Waals surface area contributed by atoms with Crippen LogP contribution in [0.25, 0.3) is 10.8 Å². The number of hydrogen-bond donors (Lipinski definition) is 6. The minimum atomic E-state index is -5.01. The molecule has 55 heavy (non-hydrogen) atoms. The number of carboxylic acids is 1. The van der Waals surface area contributed by atoms with Crippen molar-refractivity contribution in [1.82, 2.24) is 0 Å². The number of nitrogen functional groups attached to an aromatic ring is 2. The Morgan fingerprint density at radius 1 is 0.855 bits per heavy atom. The normalized spacial score (nSPS) is 13.2. The molecule has 0 heterocycles. The first-order valence-corrected chi connectivity index (χ1v) is 20.9. The lowest BCUT2D eigenvalue weighted by atomic mass is 10.1. The molecule has 4 rings (SSSR count). The van der Waals surface area contributed by atoms with Gasteiger partial charge in [0.1, 0.15) is 27.5 Å². The third-order valence-corrected chi connectivity index (χ3v) is 11.0. The number of rotatable bonds is 19. The van der Waals surface area contributed by atoms with Gasteiger partial charge in [-0.25, -0.2) is 31.7 Å². The van der Waals surface area contributed by atoms with Crippen molar-refractivity contribution in [2.24, 2.45) is 20.5 Å². The molecular formula is C27H26N6O17S5. The molecule has 8 N–H and O–H groups in total. The zero-order chi connectivity index (χ0) is 40.6. The van der Waals surface area contributed by atoms with Crippen LogP contribution in [0.2, 0.25) is 0 Å². The molecule has 4 aromatic carbocycles. The lowest BCUT2D eigenvalue weighted by molar-refractivity contribution is -0.435. The minimum absolute atomic E-state index is 0.0332. The number of hydrogen-bond acceptors (Lipinski definition) is 21. The van der Waals surface area contributed by atoms with Gasteiger partial charge >= 0.3 is 16.4 Å². The van der Waals surface area contributed by atoms with Crippen LogP contribution in [0, 0.1) is 0 Å². The fourth-order valence-electron chi connectivity index (χ4n) is 4.38. The number of anilines is 2. The quantitative estimate of drug-likeness (QED) is 0.0144. The van der Waals surface area contributed by atoms with Crippen molar-refractivity contribution in [3.8, 4) is 0 Å². The van der Waals surface area contributed by atoms with E-state index >= 15 is 0 Å². The van der Waals surface area contributed by atoms with Crippen molar-refractivity contribution in [3.05, 3.63) is 66.2 Å². The number of benzene rings is 4. The summed E-state index contributed by atoms with van der Waals surface area (Å²) in [6, 6.07) is 12.5. The summed E-state index contributed by atoms with van der Waals surface area (Å²) in [4.78, 5) is 16.6. The highest BCUT2D eigenvalue weighted by atomic mass is 32.3. The van der Waals surface area contributed by atoms with Crippen molar-refractivity contribution in [2.45, 2.75) is 14.7 Å². The minimum Gasteiger partial charge on any atom is -0.478 e. The molecule has 4 aromatic rings. The van der Waals surface area contributed by atoms with E-state index in [4.69, 9.17) is 30.5 Å². The molecule has 0 aromatic heterocycles. The summed E-state index contributed by atoms with van der Waals surface area (Å²) in [6.45, 7) is -1.12. The highest BCUT2D eigenvalue weighted by Gasteiger charge is 2.24. The molecule has 0 aliphatic carbocycles. The third-order valence-electron chi connectivity index (χ3n) is 6.63. The maximum absolute atomic E-state index is 12.6. The van der Waals surface area contributed by atoms with Gasteiger partial charge in [-0.15, -0.1) is 19.7 Å². The van der Waals surface area contributed by atoms with Gasteiger partial charge in [-0.3, -0.25) is 9.11 Å². The fourth-order valence-corrected chi connectivity index (χ4v) is 7.57. The number of nitrogens with two attached hydrogens (primary N) is 2. The van der Waals surface area contributed by atoms with E-state index in [0.29, 0.717) is 16.9 Å². The number of aromatic carboxylic acids is 1.